The van der Waals surface area contributed by atoms with Gasteiger partial charge in [0.15, 0.2) is 5.16 Å². The summed E-state index contributed by atoms with van der Waals surface area (Å²) in [4.78, 5) is 32.0. The maximum absolute atomic E-state index is 12.8. The highest BCUT2D eigenvalue weighted by Gasteiger charge is 2.30. The molecule has 0 bridgehead atoms. The number of rotatable bonds is 5. The zero-order chi connectivity index (χ0) is 22.2. The quantitative estimate of drug-likeness (QED) is 0.396. The first-order chi connectivity index (χ1) is 14.8. The predicted octanol–water partition coefficient (Wildman–Crippen LogP) is 2.27. The molecule has 3 aromatic rings. The van der Waals surface area contributed by atoms with Crippen LogP contribution in [-0.2, 0) is 21.9 Å². The van der Waals surface area contributed by atoms with Gasteiger partial charge in [-0.15, -0.1) is 11.3 Å². The number of piperazine rings is 1. The van der Waals surface area contributed by atoms with E-state index in [1.54, 1.807) is 30.1 Å². The van der Waals surface area contributed by atoms with Crippen molar-refractivity contribution in [2.75, 3.05) is 31.9 Å². The molecule has 1 fully saturated rings. The van der Waals surface area contributed by atoms with Crippen LogP contribution in [0.2, 0.25) is 5.02 Å². The summed E-state index contributed by atoms with van der Waals surface area (Å²) in [7, 11) is -1.99. The van der Waals surface area contributed by atoms with Crippen LogP contribution in [0.1, 0.15) is 0 Å². The highest BCUT2D eigenvalue weighted by Crippen LogP contribution is 2.22. The van der Waals surface area contributed by atoms with Crippen molar-refractivity contribution in [3.05, 3.63) is 51.1 Å². The van der Waals surface area contributed by atoms with E-state index < -0.39 is 10.0 Å². The lowest BCUT2D eigenvalue weighted by Gasteiger charge is -2.34. The minimum absolute atomic E-state index is 0.117. The molecule has 0 N–H and O–H groups in total. The number of hydrogen-bond acceptors (Lipinski definition) is 7. The Morgan fingerprint density at radius 2 is 1.84 bits per heavy atom. The molecule has 4 rings (SSSR count). The molecule has 0 radical (unpaired) electrons. The van der Waals surface area contributed by atoms with Crippen molar-refractivity contribution in [3.8, 4) is 0 Å². The zero-order valence-corrected chi connectivity index (χ0v) is 19.7. The topological polar surface area (TPSA) is 92.6 Å². The van der Waals surface area contributed by atoms with Crippen molar-refractivity contribution < 1.29 is 13.2 Å². The zero-order valence-electron chi connectivity index (χ0n) is 16.5. The van der Waals surface area contributed by atoms with Crippen molar-refractivity contribution in [2.24, 2.45) is 7.05 Å². The SMILES string of the molecule is Cn1c(SCC(=O)N2CCN(S(=O)(=O)c3ccc(Cl)cc3)CC2)nc2sccc2c1=O. The van der Waals surface area contributed by atoms with Crippen molar-refractivity contribution >= 4 is 60.8 Å². The number of carbonyl (C=O) groups excluding carboxylic acids is 1. The van der Waals surface area contributed by atoms with E-state index in [0.29, 0.717) is 33.5 Å². The third-order valence-electron chi connectivity index (χ3n) is 5.03. The fourth-order valence-electron chi connectivity index (χ4n) is 3.26. The van der Waals surface area contributed by atoms with Crippen molar-refractivity contribution in [1.82, 2.24) is 18.8 Å². The lowest BCUT2D eigenvalue weighted by Crippen LogP contribution is -2.51. The Morgan fingerprint density at radius 1 is 1.16 bits per heavy atom. The fourth-order valence-corrected chi connectivity index (χ4v) is 6.49. The van der Waals surface area contributed by atoms with Gasteiger partial charge in [0.1, 0.15) is 4.83 Å². The van der Waals surface area contributed by atoms with E-state index in [9.17, 15) is 18.0 Å². The molecule has 1 amide bonds. The first kappa shape index (κ1) is 22.3. The Hall–Kier alpha value is -1.92. The first-order valence-corrected chi connectivity index (χ1v) is 13.1. The van der Waals surface area contributed by atoms with Gasteiger partial charge < -0.3 is 4.90 Å². The van der Waals surface area contributed by atoms with Crippen LogP contribution in [0.25, 0.3) is 10.2 Å². The second-order valence-corrected chi connectivity index (χ2v) is 11.1. The largest absolute Gasteiger partial charge is 0.339 e. The van der Waals surface area contributed by atoms with Crippen molar-refractivity contribution in [1.29, 1.82) is 0 Å². The number of thioether (sulfide) groups is 1. The number of aromatic nitrogens is 2. The molecule has 0 spiro atoms. The second-order valence-electron chi connectivity index (χ2n) is 6.93. The molecule has 0 atom stereocenters. The summed E-state index contributed by atoms with van der Waals surface area (Å²) in [6.45, 7) is 1.06. The number of hydrogen-bond donors (Lipinski definition) is 0. The Bertz CT molecular complexity index is 1280. The summed E-state index contributed by atoms with van der Waals surface area (Å²) in [6, 6.07) is 7.79. The molecular weight excluding hydrogens is 480 g/mol. The smallest absolute Gasteiger partial charge is 0.262 e. The summed E-state index contributed by atoms with van der Waals surface area (Å²) < 4.78 is 28.4. The summed E-state index contributed by atoms with van der Waals surface area (Å²) in [6.07, 6.45) is 0. The number of thiophene rings is 1. The molecule has 1 aliphatic heterocycles. The lowest BCUT2D eigenvalue weighted by atomic mass is 10.3. The normalized spacial score (nSPS) is 15.5. The molecule has 0 saturated carbocycles. The Labute approximate surface area is 192 Å². The van der Waals surface area contributed by atoms with E-state index in [1.807, 2.05) is 5.38 Å². The van der Waals surface area contributed by atoms with Gasteiger partial charge in [-0.3, -0.25) is 14.2 Å². The number of amides is 1. The van der Waals surface area contributed by atoms with Crippen LogP contribution in [0.15, 0.2) is 50.6 Å². The number of nitrogens with zero attached hydrogens (tertiary/aromatic N) is 4. The molecule has 1 saturated heterocycles. The highest BCUT2D eigenvalue weighted by molar-refractivity contribution is 7.99. The number of halogens is 1. The number of sulfonamides is 1. The van der Waals surface area contributed by atoms with Gasteiger partial charge in [0.2, 0.25) is 15.9 Å². The second kappa shape index (κ2) is 8.91. The molecule has 0 unspecified atom stereocenters. The molecule has 31 heavy (non-hydrogen) atoms. The minimum Gasteiger partial charge on any atom is -0.339 e. The molecular formula is C19H19ClN4O4S3. The Balaban J connectivity index is 1.37. The van der Waals surface area contributed by atoms with Crippen LogP contribution >= 0.6 is 34.7 Å². The third-order valence-corrected chi connectivity index (χ3v) is 9.02. The fraction of sp³-hybridized carbons (Fsp3) is 0.316. The predicted molar refractivity (Wildman–Crippen MR) is 122 cm³/mol. The molecule has 1 aliphatic rings. The Kier molecular flexibility index (Phi) is 6.40. The van der Waals surface area contributed by atoms with Gasteiger partial charge in [-0.2, -0.15) is 4.31 Å². The molecule has 2 aromatic heterocycles. The lowest BCUT2D eigenvalue weighted by molar-refractivity contribution is -0.129. The van der Waals surface area contributed by atoms with Crippen LogP contribution in [0.4, 0.5) is 0 Å². The van der Waals surface area contributed by atoms with Gasteiger partial charge in [0, 0.05) is 38.2 Å². The van der Waals surface area contributed by atoms with E-state index in [-0.39, 0.29) is 35.2 Å². The number of fused-ring (bicyclic) bond motifs is 1. The average molecular weight is 499 g/mol. The summed E-state index contributed by atoms with van der Waals surface area (Å²) in [5.41, 5.74) is -0.137. The van der Waals surface area contributed by atoms with E-state index in [2.05, 4.69) is 4.98 Å². The van der Waals surface area contributed by atoms with Gasteiger partial charge in [0.05, 0.1) is 16.0 Å². The third kappa shape index (κ3) is 4.51. The summed E-state index contributed by atoms with van der Waals surface area (Å²) in [5, 5.41) is 3.34. The van der Waals surface area contributed by atoms with Crippen molar-refractivity contribution in [2.45, 2.75) is 10.1 Å². The number of carbonyl (C=O) groups is 1. The molecule has 164 valence electrons. The minimum atomic E-state index is -3.62. The summed E-state index contributed by atoms with van der Waals surface area (Å²) in [5.74, 6) is 0.00948. The van der Waals surface area contributed by atoms with E-state index >= 15 is 0 Å². The standard InChI is InChI=1S/C19H19ClN4O4S3/c1-22-18(26)15-6-11-29-17(15)21-19(22)30-12-16(25)23-7-9-24(10-8-23)31(27,28)14-4-2-13(20)3-5-14/h2-6,11H,7-10,12H2,1H3. The van der Waals surface area contributed by atoms with Gasteiger partial charge in [-0.1, -0.05) is 23.4 Å². The van der Waals surface area contributed by atoms with Crippen LogP contribution in [0.3, 0.4) is 0 Å². The van der Waals surface area contributed by atoms with Crippen LogP contribution in [0, 0.1) is 0 Å². The van der Waals surface area contributed by atoms with Crippen LogP contribution in [0.5, 0.6) is 0 Å². The molecule has 8 nitrogen and oxygen atoms in total. The maximum atomic E-state index is 12.8. The summed E-state index contributed by atoms with van der Waals surface area (Å²) >= 11 is 8.43. The van der Waals surface area contributed by atoms with E-state index in [0.717, 1.165) is 0 Å². The van der Waals surface area contributed by atoms with E-state index in [1.165, 1.54) is 44.1 Å². The van der Waals surface area contributed by atoms with E-state index in [4.69, 9.17) is 11.6 Å². The average Bonchev–Trinajstić information content (AvgIpc) is 3.24. The highest BCUT2D eigenvalue weighted by atomic mass is 35.5. The van der Waals surface area contributed by atoms with Gasteiger partial charge in [0.25, 0.3) is 5.56 Å². The van der Waals surface area contributed by atoms with Crippen molar-refractivity contribution in [3.63, 3.8) is 0 Å². The van der Waals surface area contributed by atoms with Crippen LogP contribution < -0.4 is 5.56 Å². The van der Waals surface area contributed by atoms with Gasteiger partial charge >= 0.3 is 0 Å². The molecule has 1 aromatic carbocycles. The number of benzene rings is 1. The monoisotopic (exact) mass is 498 g/mol. The Morgan fingerprint density at radius 3 is 2.52 bits per heavy atom. The molecule has 3 heterocycles. The molecule has 12 heteroatoms. The van der Waals surface area contributed by atoms with Gasteiger partial charge in [-0.05, 0) is 35.7 Å². The van der Waals surface area contributed by atoms with Gasteiger partial charge in [-0.25, -0.2) is 13.4 Å². The first-order valence-electron chi connectivity index (χ1n) is 9.38. The molecule has 0 aliphatic carbocycles. The maximum Gasteiger partial charge on any atom is 0.262 e. The van der Waals surface area contributed by atoms with Crippen LogP contribution in [-0.4, -0.2) is 65.0 Å².